The number of aromatic nitrogens is 1. The zero-order chi connectivity index (χ0) is 26.7. The van der Waals surface area contributed by atoms with Gasteiger partial charge >= 0.3 is 0 Å². The molecular formula is C30H33N2O3S3+. The molecule has 0 spiro atoms. The van der Waals surface area contributed by atoms with Crippen LogP contribution in [0.4, 0.5) is 5.69 Å². The van der Waals surface area contributed by atoms with E-state index in [0.717, 1.165) is 41.0 Å². The minimum Gasteiger partial charge on any atom is -0.335 e. The predicted octanol–water partition coefficient (Wildman–Crippen LogP) is 7.38. The zero-order valence-corrected chi connectivity index (χ0v) is 24.2. The van der Waals surface area contributed by atoms with Crippen LogP contribution in [-0.4, -0.2) is 24.8 Å². The molecule has 3 aromatic rings. The van der Waals surface area contributed by atoms with Crippen molar-refractivity contribution in [1.82, 2.24) is 0 Å². The highest BCUT2D eigenvalue weighted by molar-refractivity contribution is 8.03. The summed E-state index contributed by atoms with van der Waals surface area (Å²) in [6.07, 6.45) is 14.7. The standard InChI is InChI=1S/C30H32N2O3S3/c1-3-31-25-13-4-6-15-27(25)37-30(31)21-24-12-8-10-23(20-24)11-9-17-29-32(19-18-22(2)38(33,34)35)26-14-5-7-16-28(26)36-29/h4-7,9,11,13-17,20-22H,3,8,10,12,18-19H2,1-2H3/p+1. The highest BCUT2D eigenvalue weighted by Gasteiger charge is 2.25. The number of benzene rings is 2. The number of nitrogens with zero attached hydrogens (tertiary/aromatic N) is 2. The number of fused-ring (bicyclic) bond motifs is 2. The van der Waals surface area contributed by atoms with Crippen LogP contribution in [0.25, 0.3) is 16.3 Å². The SMILES string of the molecule is CCN1/C(=C\C2=CC(=C/C=C/c3sc4ccccc4[n+]3CCC(C)S(=O)(=O)O)/CCC2)Sc2ccccc21. The molecule has 0 bridgehead atoms. The Balaban J connectivity index is 1.36. The van der Waals surface area contributed by atoms with E-state index in [1.54, 1.807) is 18.3 Å². The van der Waals surface area contributed by atoms with E-state index in [9.17, 15) is 13.0 Å². The summed E-state index contributed by atoms with van der Waals surface area (Å²) >= 11 is 3.54. The molecule has 1 aliphatic carbocycles. The van der Waals surface area contributed by atoms with Crippen LogP contribution in [0.2, 0.25) is 0 Å². The van der Waals surface area contributed by atoms with Crippen molar-refractivity contribution in [1.29, 1.82) is 0 Å². The normalized spacial score (nSPS) is 19.0. The van der Waals surface area contributed by atoms with Crippen molar-refractivity contribution < 1.29 is 17.5 Å². The second-order valence-electron chi connectivity index (χ2n) is 9.64. The Bertz CT molecular complexity index is 1560. The van der Waals surface area contributed by atoms with Gasteiger partial charge in [0.15, 0.2) is 6.54 Å². The van der Waals surface area contributed by atoms with Gasteiger partial charge in [-0.3, -0.25) is 4.55 Å². The Labute approximate surface area is 233 Å². The van der Waals surface area contributed by atoms with Crippen LogP contribution in [0.15, 0.2) is 93.9 Å². The number of allylic oxidation sites excluding steroid dienone is 6. The van der Waals surface area contributed by atoms with Crippen molar-refractivity contribution in [3.05, 3.63) is 94.0 Å². The molecule has 1 aromatic heterocycles. The van der Waals surface area contributed by atoms with Crippen molar-refractivity contribution in [2.45, 2.75) is 56.2 Å². The first-order valence-electron chi connectivity index (χ1n) is 13.0. The third kappa shape index (κ3) is 5.99. The molecule has 5 rings (SSSR count). The van der Waals surface area contributed by atoms with Gasteiger partial charge in [-0.25, -0.2) is 0 Å². The van der Waals surface area contributed by atoms with Gasteiger partial charge in [-0.1, -0.05) is 65.6 Å². The molecule has 0 radical (unpaired) electrons. The first-order chi connectivity index (χ1) is 18.3. The Kier molecular flexibility index (Phi) is 8.23. The second kappa shape index (κ2) is 11.6. The lowest BCUT2D eigenvalue weighted by atomic mass is 9.95. The quantitative estimate of drug-likeness (QED) is 0.228. The van der Waals surface area contributed by atoms with E-state index in [1.165, 1.54) is 26.8 Å². The molecule has 8 heteroatoms. The summed E-state index contributed by atoms with van der Waals surface area (Å²) in [4.78, 5) is 3.71. The number of aryl methyl sites for hydroxylation is 1. The summed E-state index contributed by atoms with van der Waals surface area (Å²) in [5.74, 6) is 0. The molecule has 2 heterocycles. The molecule has 198 valence electrons. The van der Waals surface area contributed by atoms with E-state index in [0.29, 0.717) is 13.0 Å². The van der Waals surface area contributed by atoms with Gasteiger partial charge in [0.2, 0.25) is 5.52 Å². The summed E-state index contributed by atoms with van der Waals surface area (Å²) in [5.41, 5.74) is 5.05. The van der Waals surface area contributed by atoms with Gasteiger partial charge in [-0.2, -0.15) is 13.0 Å². The number of thiazole rings is 1. The zero-order valence-electron chi connectivity index (χ0n) is 21.7. The van der Waals surface area contributed by atoms with Gasteiger partial charge in [-0.05, 0) is 68.5 Å². The number of anilines is 1. The molecular weight excluding hydrogens is 533 g/mol. The Hall–Kier alpha value is -2.65. The van der Waals surface area contributed by atoms with Crippen LogP contribution < -0.4 is 9.47 Å². The molecule has 5 nitrogen and oxygen atoms in total. The number of hydrogen-bond acceptors (Lipinski definition) is 5. The fourth-order valence-corrected chi connectivity index (χ4v) is 7.60. The van der Waals surface area contributed by atoms with Crippen molar-refractivity contribution in [3.63, 3.8) is 0 Å². The fraction of sp³-hybridized carbons (Fsp3) is 0.300. The van der Waals surface area contributed by atoms with Crippen LogP contribution >= 0.6 is 23.1 Å². The molecule has 1 N–H and O–H groups in total. The number of para-hydroxylation sites is 2. The van der Waals surface area contributed by atoms with Gasteiger partial charge in [-0.15, -0.1) is 0 Å². The lowest BCUT2D eigenvalue weighted by molar-refractivity contribution is -0.669. The third-order valence-corrected chi connectivity index (χ3v) is 10.5. The van der Waals surface area contributed by atoms with E-state index in [2.05, 4.69) is 83.2 Å². The van der Waals surface area contributed by atoms with Crippen molar-refractivity contribution in [3.8, 4) is 0 Å². The van der Waals surface area contributed by atoms with Crippen LogP contribution in [0.1, 0.15) is 44.5 Å². The fourth-order valence-electron chi connectivity index (χ4n) is 4.89. The van der Waals surface area contributed by atoms with Crippen LogP contribution in [0.3, 0.4) is 0 Å². The van der Waals surface area contributed by atoms with Gasteiger partial charge < -0.3 is 4.90 Å². The second-order valence-corrected chi connectivity index (χ2v) is 13.6. The van der Waals surface area contributed by atoms with E-state index in [-0.39, 0.29) is 0 Å². The minimum atomic E-state index is -4.04. The summed E-state index contributed by atoms with van der Waals surface area (Å²) in [6, 6.07) is 16.8. The summed E-state index contributed by atoms with van der Waals surface area (Å²) in [7, 11) is -4.04. The van der Waals surface area contributed by atoms with E-state index >= 15 is 0 Å². The Morgan fingerprint density at radius 1 is 1.13 bits per heavy atom. The molecule has 2 aromatic carbocycles. The maximum atomic E-state index is 11.5. The largest absolute Gasteiger partial charge is 0.335 e. The van der Waals surface area contributed by atoms with E-state index in [4.69, 9.17) is 0 Å². The molecule has 1 atom stereocenters. The number of hydrogen-bond donors (Lipinski definition) is 1. The minimum absolute atomic E-state index is 0.351. The summed E-state index contributed by atoms with van der Waals surface area (Å²) in [6.45, 7) is 5.22. The van der Waals surface area contributed by atoms with Gasteiger partial charge in [0, 0.05) is 30.0 Å². The smallest absolute Gasteiger partial charge is 0.267 e. The molecule has 0 amide bonds. The topological polar surface area (TPSA) is 61.5 Å². The van der Waals surface area contributed by atoms with Crippen LogP contribution in [-0.2, 0) is 16.7 Å². The highest BCUT2D eigenvalue weighted by atomic mass is 32.2. The van der Waals surface area contributed by atoms with Crippen LogP contribution in [0.5, 0.6) is 0 Å². The van der Waals surface area contributed by atoms with Gasteiger partial charge in [0.1, 0.15) is 4.70 Å². The molecule has 1 unspecified atom stereocenters. The average molecular weight is 566 g/mol. The molecule has 38 heavy (non-hydrogen) atoms. The molecule has 0 fully saturated rings. The average Bonchev–Trinajstić information content (AvgIpc) is 3.43. The van der Waals surface area contributed by atoms with Gasteiger partial charge in [0.25, 0.3) is 15.1 Å². The number of rotatable bonds is 8. The third-order valence-electron chi connectivity index (χ3n) is 7.02. The predicted molar refractivity (Wildman–Crippen MR) is 160 cm³/mol. The van der Waals surface area contributed by atoms with E-state index in [1.807, 2.05) is 23.9 Å². The molecule has 0 saturated heterocycles. The van der Waals surface area contributed by atoms with Crippen molar-refractivity contribution in [2.75, 3.05) is 11.4 Å². The maximum absolute atomic E-state index is 11.5. The monoisotopic (exact) mass is 565 g/mol. The van der Waals surface area contributed by atoms with Crippen molar-refractivity contribution >= 4 is 55.2 Å². The summed E-state index contributed by atoms with van der Waals surface area (Å²) in [5, 5.41) is 1.55. The molecule has 1 aliphatic heterocycles. The van der Waals surface area contributed by atoms with E-state index < -0.39 is 15.4 Å². The van der Waals surface area contributed by atoms with Crippen molar-refractivity contribution in [2.24, 2.45) is 0 Å². The van der Waals surface area contributed by atoms with Gasteiger partial charge in [0.05, 0.1) is 16.0 Å². The Morgan fingerprint density at radius 3 is 2.74 bits per heavy atom. The molecule has 0 saturated carbocycles. The maximum Gasteiger partial charge on any atom is 0.267 e. The molecule has 2 aliphatic rings. The lowest BCUT2D eigenvalue weighted by Crippen LogP contribution is -2.37. The highest BCUT2D eigenvalue weighted by Crippen LogP contribution is 2.46. The lowest BCUT2D eigenvalue weighted by Gasteiger charge is -2.19. The number of thioether (sulfide) groups is 1. The Morgan fingerprint density at radius 2 is 1.92 bits per heavy atom. The first kappa shape index (κ1) is 26.9. The summed E-state index contributed by atoms with van der Waals surface area (Å²) < 4.78 is 35.8. The first-order valence-corrected chi connectivity index (χ1v) is 16.2. The van der Waals surface area contributed by atoms with Crippen LogP contribution in [0, 0.1) is 0 Å².